The molecule has 4 heteroatoms. The van der Waals surface area contributed by atoms with Gasteiger partial charge in [0, 0.05) is 5.69 Å². The van der Waals surface area contributed by atoms with Crippen molar-refractivity contribution in [2.24, 2.45) is 0 Å². The van der Waals surface area contributed by atoms with E-state index in [9.17, 15) is 4.79 Å². The summed E-state index contributed by atoms with van der Waals surface area (Å²) in [4.78, 5) is 12.0. The molecule has 2 aromatic rings. The predicted molar refractivity (Wildman–Crippen MR) is 79.9 cm³/mol. The van der Waals surface area contributed by atoms with E-state index in [1.165, 1.54) is 5.56 Å². The number of nitrogens with one attached hydrogen (secondary N) is 2. The van der Waals surface area contributed by atoms with Crippen LogP contribution in [0, 0.1) is 20.8 Å². The smallest absolute Gasteiger partial charge is 0.319 e. The summed E-state index contributed by atoms with van der Waals surface area (Å²) in [7, 11) is 0. The maximum Gasteiger partial charge on any atom is 0.319 e. The van der Waals surface area contributed by atoms with Gasteiger partial charge in [-0.05, 0) is 51.5 Å². The third-order valence-electron chi connectivity index (χ3n) is 3.17. The zero-order valence-corrected chi connectivity index (χ0v) is 12.3. The van der Waals surface area contributed by atoms with Gasteiger partial charge in [0.05, 0.1) is 6.04 Å². The maximum atomic E-state index is 12.0. The highest BCUT2D eigenvalue weighted by Gasteiger charge is 2.13. The lowest BCUT2D eigenvalue weighted by atomic mass is 10.1. The Morgan fingerprint density at radius 3 is 2.50 bits per heavy atom. The van der Waals surface area contributed by atoms with Crippen molar-refractivity contribution in [1.82, 2.24) is 5.32 Å². The summed E-state index contributed by atoms with van der Waals surface area (Å²) < 4.78 is 5.49. The standard InChI is InChI=1S/C16H20N2O2/c1-10-5-7-14(11(2)9-10)18-16(19)17-13(4)15-8-6-12(3)20-15/h5-9,13H,1-4H3,(H2,17,18,19)/t13-/m0/s1. The summed E-state index contributed by atoms with van der Waals surface area (Å²) in [5.74, 6) is 1.58. The van der Waals surface area contributed by atoms with E-state index in [-0.39, 0.29) is 12.1 Å². The Bertz CT molecular complexity index is 617. The lowest BCUT2D eigenvalue weighted by Crippen LogP contribution is -2.31. The van der Waals surface area contributed by atoms with Gasteiger partial charge in [-0.15, -0.1) is 0 Å². The molecule has 1 heterocycles. The molecule has 2 amide bonds. The third kappa shape index (κ3) is 3.41. The second-order valence-corrected chi connectivity index (χ2v) is 5.09. The quantitative estimate of drug-likeness (QED) is 0.884. The summed E-state index contributed by atoms with van der Waals surface area (Å²) in [6.07, 6.45) is 0. The average molecular weight is 272 g/mol. The molecule has 1 aromatic carbocycles. The van der Waals surface area contributed by atoms with E-state index in [1.54, 1.807) is 0 Å². The summed E-state index contributed by atoms with van der Waals surface area (Å²) in [5.41, 5.74) is 3.03. The van der Waals surface area contributed by atoms with Crippen molar-refractivity contribution in [2.45, 2.75) is 33.7 Å². The normalized spacial score (nSPS) is 12.0. The van der Waals surface area contributed by atoms with Gasteiger partial charge in [0.2, 0.25) is 0 Å². The Kier molecular flexibility index (Phi) is 4.13. The Hall–Kier alpha value is -2.23. The van der Waals surface area contributed by atoms with Gasteiger partial charge in [-0.1, -0.05) is 17.7 Å². The van der Waals surface area contributed by atoms with Crippen molar-refractivity contribution in [1.29, 1.82) is 0 Å². The minimum Gasteiger partial charge on any atom is -0.464 e. The highest BCUT2D eigenvalue weighted by Crippen LogP contribution is 2.18. The molecule has 106 valence electrons. The van der Waals surface area contributed by atoms with E-state index >= 15 is 0 Å². The summed E-state index contributed by atoms with van der Waals surface area (Å²) >= 11 is 0. The zero-order chi connectivity index (χ0) is 14.7. The van der Waals surface area contributed by atoms with E-state index in [1.807, 2.05) is 58.0 Å². The molecular formula is C16H20N2O2. The number of aryl methyl sites for hydroxylation is 3. The van der Waals surface area contributed by atoms with E-state index in [2.05, 4.69) is 10.6 Å². The Balaban J connectivity index is 1.98. The first-order chi connectivity index (χ1) is 9.45. The molecule has 1 aromatic heterocycles. The van der Waals surface area contributed by atoms with Crippen LogP contribution in [0.1, 0.15) is 35.6 Å². The molecule has 0 bridgehead atoms. The van der Waals surface area contributed by atoms with Gasteiger partial charge in [-0.3, -0.25) is 0 Å². The Morgan fingerprint density at radius 2 is 1.90 bits per heavy atom. The monoisotopic (exact) mass is 272 g/mol. The number of carbonyl (C=O) groups is 1. The molecule has 0 unspecified atom stereocenters. The van der Waals surface area contributed by atoms with Crippen LogP contribution >= 0.6 is 0 Å². The van der Waals surface area contributed by atoms with Crippen molar-refractivity contribution in [3.05, 3.63) is 53.0 Å². The predicted octanol–water partition coefficient (Wildman–Crippen LogP) is 4.09. The van der Waals surface area contributed by atoms with Gasteiger partial charge < -0.3 is 15.1 Å². The highest BCUT2D eigenvalue weighted by molar-refractivity contribution is 5.90. The van der Waals surface area contributed by atoms with Gasteiger partial charge in [0.15, 0.2) is 0 Å². The molecule has 0 radical (unpaired) electrons. The first kappa shape index (κ1) is 14.2. The molecule has 0 aliphatic carbocycles. The maximum absolute atomic E-state index is 12.0. The number of amides is 2. The van der Waals surface area contributed by atoms with E-state index < -0.39 is 0 Å². The fraction of sp³-hybridized carbons (Fsp3) is 0.312. The first-order valence-electron chi connectivity index (χ1n) is 6.67. The van der Waals surface area contributed by atoms with Crippen molar-refractivity contribution >= 4 is 11.7 Å². The largest absolute Gasteiger partial charge is 0.464 e. The van der Waals surface area contributed by atoms with Crippen LogP contribution in [0.5, 0.6) is 0 Å². The van der Waals surface area contributed by atoms with Crippen molar-refractivity contribution in [3.8, 4) is 0 Å². The van der Waals surface area contributed by atoms with E-state index in [0.717, 1.165) is 22.8 Å². The average Bonchev–Trinajstić information content (AvgIpc) is 2.79. The van der Waals surface area contributed by atoms with Gasteiger partial charge in [0.1, 0.15) is 11.5 Å². The number of urea groups is 1. The van der Waals surface area contributed by atoms with Crippen LogP contribution in [0.3, 0.4) is 0 Å². The molecule has 0 saturated heterocycles. The molecule has 0 aliphatic heterocycles. The molecule has 0 aliphatic rings. The minimum absolute atomic E-state index is 0.172. The van der Waals surface area contributed by atoms with Crippen molar-refractivity contribution < 1.29 is 9.21 Å². The van der Waals surface area contributed by atoms with Crippen LogP contribution in [-0.2, 0) is 0 Å². The van der Waals surface area contributed by atoms with Crippen molar-refractivity contribution in [3.63, 3.8) is 0 Å². The molecular weight excluding hydrogens is 252 g/mol. The number of carbonyl (C=O) groups excluding carboxylic acids is 1. The second kappa shape index (κ2) is 5.82. The summed E-state index contributed by atoms with van der Waals surface area (Å²) in [6, 6.07) is 9.27. The van der Waals surface area contributed by atoms with Crippen LogP contribution in [0.15, 0.2) is 34.7 Å². The molecule has 1 atom stereocenters. The summed E-state index contributed by atoms with van der Waals surface area (Å²) in [6.45, 7) is 7.77. The number of hydrogen-bond donors (Lipinski definition) is 2. The fourth-order valence-corrected chi connectivity index (χ4v) is 2.07. The molecule has 4 nitrogen and oxygen atoms in total. The third-order valence-corrected chi connectivity index (χ3v) is 3.17. The number of hydrogen-bond acceptors (Lipinski definition) is 2. The molecule has 20 heavy (non-hydrogen) atoms. The molecule has 2 rings (SSSR count). The fourth-order valence-electron chi connectivity index (χ4n) is 2.07. The highest BCUT2D eigenvalue weighted by atomic mass is 16.3. The topological polar surface area (TPSA) is 54.3 Å². The van der Waals surface area contributed by atoms with Gasteiger partial charge >= 0.3 is 6.03 Å². The molecule has 0 fully saturated rings. The first-order valence-corrected chi connectivity index (χ1v) is 6.67. The van der Waals surface area contributed by atoms with E-state index in [4.69, 9.17) is 4.42 Å². The Morgan fingerprint density at radius 1 is 1.15 bits per heavy atom. The number of furan rings is 1. The van der Waals surface area contributed by atoms with E-state index in [0.29, 0.717) is 0 Å². The summed E-state index contributed by atoms with van der Waals surface area (Å²) in [5, 5.41) is 5.71. The molecule has 0 spiro atoms. The number of benzene rings is 1. The van der Waals surface area contributed by atoms with Gasteiger partial charge in [0.25, 0.3) is 0 Å². The second-order valence-electron chi connectivity index (χ2n) is 5.09. The molecule has 0 saturated carbocycles. The van der Waals surface area contributed by atoms with Crippen molar-refractivity contribution in [2.75, 3.05) is 5.32 Å². The SMILES string of the molecule is Cc1ccc(NC(=O)N[C@@H](C)c2ccc(C)o2)c(C)c1. The van der Waals surface area contributed by atoms with Crippen LogP contribution in [-0.4, -0.2) is 6.03 Å². The van der Waals surface area contributed by atoms with Crippen LogP contribution in [0.4, 0.5) is 10.5 Å². The minimum atomic E-state index is -0.237. The zero-order valence-electron chi connectivity index (χ0n) is 12.3. The van der Waals surface area contributed by atoms with Gasteiger partial charge in [-0.2, -0.15) is 0 Å². The van der Waals surface area contributed by atoms with Gasteiger partial charge in [-0.25, -0.2) is 4.79 Å². The molecule has 2 N–H and O–H groups in total. The number of rotatable bonds is 3. The lowest BCUT2D eigenvalue weighted by molar-refractivity contribution is 0.247. The number of anilines is 1. The van der Waals surface area contributed by atoms with Crippen LogP contribution in [0.2, 0.25) is 0 Å². The van der Waals surface area contributed by atoms with Crippen LogP contribution in [0.25, 0.3) is 0 Å². The lowest BCUT2D eigenvalue weighted by Gasteiger charge is -2.14. The van der Waals surface area contributed by atoms with Crippen LogP contribution < -0.4 is 10.6 Å². The Labute approximate surface area is 119 Å².